The molecule has 102 valence electrons. The van der Waals surface area contributed by atoms with Crippen LogP contribution in [0, 0.1) is 11.8 Å². The molecule has 3 heteroatoms. The molecule has 0 aromatic carbocycles. The summed E-state index contributed by atoms with van der Waals surface area (Å²) in [6.45, 7) is 10.4. The molecule has 1 aromatic heterocycles. The van der Waals surface area contributed by atoms with Crippen molar-refractivity contribution in [3.63, 3.8) is 0 Å². The Bertz CT molecular complexity index is 363. The van der Waals surface area contributed by atoms with Crippen LogP contribution in [0.1, 0.15) is 52.7 Å². The van der Waals surface area contributed by atoms with Gasteiger partial charge in [-0.3, -0.25) is 4.98 Å². The summed E-state index contributed by atoms with van der Waals surface area (Å²) in [5.41, 5.74) is 0.835. The van der Waals surface area contributed by atoms with Gasteiger partial charge in [-0.05, 0) is 38.2 Å². The molecule has 0 aliphatic heterocycles. The average molecular weight is 251 g/mol. The third kappa shape index (κ3) is 4.65. The van der Waals surface area contributed by atoms with Crippen LogP contribution in [0.5, 0.6) is 5.75 Å². The number of ether oxygens (including phenoxy) is 1. The maximum Gasteiger partial charge on any atom is 0.138 e. The predicted octanol–water partition coefficient (Wildman–Crippen LogP) is 3.58. The van der Waals surface area contributed by atoms with E-state index in [0.29, 0.717) is 5.92 Å². The van der Waals surface area contributed by atoms with Crippen molar-refractivity contribution in [2.45, 2.75) is 53.2 Å². The van der Waals surface area contributed by atoms with Crippen molar-refractivity contribution in [3.05, 3.63) is 24.0 Å². The van der Waals surface area contributed by atoms with Gasteiger partial charge in [0.1, 0.15) is 5.75 Å². The summed E-state index contributed by atoms with van der Waals surface area (Å²) in [7, 11) is 0. The number of hydrogen-bond donors (Lipinski definition) is 1. The van der Waals surface area contributed by atoms with E-state index in [-0.39, 0.29) is 12.0 Å². The highest BCUT2D eigenvalue weighted by Gasteiger charge is 2.18. The molecule has 0 aliphatic rings. The lowest BCUT2D eigenvalue weighted by Gasteiger charge is -2.21. The van der Waals surface area contributed by atoms with Gasteiger partial charge in [-0.15, -0.1) is 0 Å². The van der Waals surface area contributed by atoms with Crippen molar-refractivity contribution < 1.29 is 9.84 Å². The molecule has 1 N–H and O–H groups in total. The van der Waals surface area contributed by atoms with E-state index in [1.807, 2.05) is 19.9 Å². The Kier molecular flexibility index (Phi) is 5.60. The first-order valence-electron chi connectivity index (χ1n) is 6.69. The number of pyridine rings is 1. The fourth-order valence-corrected chi connectivity index (χ4v) is 2.13. The van der Waals surface area contributed by atoms with Gasteiger partial charge in [-0.25, -0.2) is 0 Å². The predicted molar refractivity (Wildman–Crippen MR) is 73.6 cm³/mol. The lowest BCUT2D eigenvalue weighted by Crippen LogP contribution is -2.13. The van der Waals surface area contributed by atoms with Gasteiger partial charge in [0.05, 0.1) is 18.4 Å². The van der Waals surface area contributed by atoms with Crippen molar-refractivity contribution in [2.24, 2.45) is 11.8 Å². The molecule has 0 fully saturated rings. The van der Waals surface area contributed by atoms with Crippen LogP contribution >= 0.6 is 0 Å². The summed E-state index contributed by atoms with van der Waals surface area (Å²) < 4.78 is 5.59. The maximum atomic E-state index is 10.3. The fraction of sp³-hybridized carbons (Fsp3) is 0.667. The standard InChI is InChI=1S/C15H25NO2/c1-10(2)6-12(5)15(17)13-7-14(9-16-8-13)18-11(3)4/h7-12,15,17H,6H2,1-5H3. The zero-order valence-electron chi connectivity index (χ0n) is 12.1. The first kappa shape index (κ1) is 15.0. The molecule has 18 heavy (non-hydrogen) atoms. The summed E-state index contributed by atoms with van der Waals surface area (Å²) in [5, 5.41) is 10.3. The molecular weight excluding hydrogens is 226 g/mol. The first-order valence-corrected chi connectivity index (χ1v) is 6.69. The Morgan fingerprint density at radius 1 is 1.17 bits per heavy atom. The van der Waals surface area contributed by atoms with Gasteiger partial charge < -0.3 is 9.84 Å². The van der Waals surface area contributed by atoms with Crippen molar-refractivity contribution in [1.29, 1.82) is 0 Å². The number of nitrogens with zero attached hydrogens (tertiary/aromatic N) is 1. The highest BCUT2D eigenvalue weighted by Crippen LogP contribution is 2.28. The summed E-state index contributed by atoms with van der Waals surface area (Å²) in [4.78, 5) is 4.14. The van der Waals surface area contributed by atoms with Gasteiger partial charge in [-0.1, -0.05) is 20.8 Å². The van der Waals surface area contributed by atoms with Crippen LogP contribution in [0.25, 0.3) is 0 Å². The van der Waals surface area contributed by atoms with E-state index in [9.17, 15) is 5.11 Å². The van der Waals surface area contributed by atoms with Crippen LogP contribution in [0.2, 0.25) is 0 Å². The Morgan fingerprint density at radius 3 is 2.39 bits per heavy atom. The zero-order chi connectivity index (χ0) is 13.7. The van der Waals surface area contributed by atoms with Crippen LogP contribution in [-0.4, -0.2) is 16.2 Å². The summed E-state index contributed by atoms with van der Waals surface area (Å²) in [6, 6.07) is 1.88. The highest BCUT2D eigenvalue weighted by atomic mass is 16.5. The van der Waals surface area contributed by atoms with E-state index in [4.69, 9.17) is 4.74 Å². The lowest BCUT2D eigenvalue weighted by molar-refractivity contribution is 0.104. The van der Waals surface area contributed by atoms with Crippen LogP contribution in [0.3, 0.4) is 0 Å². The van der Waals surface area contributed by atoms with Gasteiger partial charge in [0.2, 0.25) is 0 Å². The molecule has 0 saturated carbocycles. The Labute approximate surface area is 110 Å². The van der Waals surface area contributed by atoms with Crippen molar-refractivity contribution in [1.82, 2.24) is 4.98 Å². The van der Waals surface area contributed by atoms with Gasteiger partial charge in [-0.2, -0.15) is 0 Å². The van der Waals surface area contributed by atoms with E-state index in [1.54, 1.807) is 12.4 Å². The minimum absolute atomic E-state index is 0.118. The van der Waals surface area contributed by atoms with E-state index >= 15 is 0 Å². The zero-order valence-corrected chi connectivity index (χ0v) is 12.1. The Hall–Kier alpha value is -1.09. The minimum atomic E-state index is -0.476. The van der Waals surface area contributed by atoms with Gasteiger partial charge in [0.15, 0.2) is 0 Å². The monoisotopic (exact) mass is 251 g/mol. The second kappa shape index (κ2) is 6.74. The summed E-state index contributed by atoms with van der Waals surface area (Å²) in [5.74, 6) is 1.53. The fourth-order valence-electron chi connectivity index (χ4n) is 2.13. The third-order valence-electron chi connectivity index (χ3n) is 2.83. The SMILES string of the molecule is CC(C)CC(C)C(O)c1cncc(OC(C)C)c1. The van der Waals surface area contributed by atoms with E-state index in [2.05, 4.69) is 25.8 Å². The molecule has 2 atom stereocenters. The smallest absolute Gasteiger partial charge is 0.138 e. The van der Waals surface area contributed by atoms with Crippen LogP contribution in [0.4, 0.5) is 0 Å². The van der Waals surface area contributed by atoms with Crippen LogP contribution in [0.15, 0.2) is 18.5 Å². The van der Waals surface area contributed by atoms with Crippen LogP contribution in [-0.2, 0) is 0 Å². The molecule has 0 aliphatic carbocycles. The van der Waals surface area contributed by atoms with E-state index in [0.717, 1.165) is 17.7 Å². The largest absolute Gasteiger partial charge is 0.489 e. The van der Waals surface area contributed by atoms with E-state index < -0.39 is 6.10 Å². The summed E-state index contributed by atoms with van der Waals surface area (Å²) >= 11 is 0. The Morgan fingerprint density at radius 2 is 1.83 bits per heavy atom. The molecule has 0 spiro atoms. The van der Waals surface area contributed by atoms with Crippen LogP contribution < -0.4 is 4.74 Å². The molecule has 0 radical (unpaired) electrons. The first-order chi connectivity index (χ1) is 8.40. The number of hydrogen-bond acceptors (Lipinski definition) is 3. The van der Waals surface area contributed by atoms with Crippen molar-refractivity contribution in [3.8, 4) is 5.75 Å². The highest BCUT2D eigenvalue weighted by molar-refractivity contribution is 5.25. The molecule has 1 rings (SSSR count). The normalized spacial score (nSPS) is 14.9. The molecule has 0 bridgehead atoms. The molecular formula is C15H25NO2. The summed E-state index contributed by atoms with van der Waals surface area (Å²) in [6.07, 6.45) is 4.04. The van der Waals surface area contributed by atoms with E-state index in [1.165, 1.54) is 0 Å². The number of aliphatic hydroxyl groups excluding tert-OH is 1. The van der Waals surface area contributed by atoms with Gasteiger partial charge >= 0.3 is 0 Å². The molecule has 1 heterocycles. The number of rotatable bonds is 6. The third-order valence-corrected chi connectivity index (χ3v) is 2.83. The molecule has 3 nitrogen and oxygen atoms in total. The molecule has 0 amide bonds. The topological polar surface area (TPSA) is 42.4 Å². The minimum Gasteiger partial charge on any atom is -0.489 e. The van der Waals surface area contributed by atoms with Gasteiger partial charge in [0.25, 0.3) is 0 Å². The number of aromatic nitrogens is 1. The van der Waals surface area contributed by atoms with Crippen molar-refractivity contribution >= 4 is 0 Å². The Balaban J connectivity index is 2.76. The number of aliphatic hydroxyl groups is 1. The molecule has 2 unspecified atom stereocenters. The second-order valence-electron chi connectivity index (χ2n) is 5.67. The molecule has 0 saturated heterocycles. The quantitative estimate of drug-likeness (QED) is 0.840. The maximum absolute atomic E-state index is 10.3. The average Bonchev–Trinajstić information content (AvgIpc) is 2.26. The lowest BCUT2D eigenvalue weighted by atomic mass is 9.90. The second-order valence-corrected chi connectivity index (χ2v) is 5.67. The molecule has 1 aromatic rings. The van der Waals surface area contributed by atoms with Gasteiger partial charge in [0, 0.05) is 11.8 Å². The van der Waals surface area contributed by atoms with Crippen molar-refractivity contribution in [2.75, 3.05) is 0 Å².